The van der Waals surface area contributed by atoms with Crippen molar-refractivity contribution in [1.29, 1.82) is 0 Å². The molecule has 27 heteroatoms. The van der Waals surface area contributed by atoms with Gasteiger partial charge in [0.2, 0.25) is 17.7 Å². The Bertz CT molecular complexity index is 3170. The molecule has 85 heavy (non-hydrogen) atoms. The molecule has 3 saturated heterocycles. The zero-order chi connectivity index (χ0) is 62.6. The lowest BCUT2D eigenvalue weighted by atomic mass is 10.0. The Balaban J connectivity index is 0.000000234. The van der Waals surface area contributed by atoms with Crippen LogP contribution in [-0.4, -0.2) is 167 Å². The number of urea groups is 3. The van der Waals surface area contributed by atoms with Gasteiger partial charge in [-0.3, -0.25) is 30.3 Å². The summed E-state index contributed by atoms with van der Waals surface area (Å²) in [6.45, 7) is 10.9. The Morgan fingerprint density at radius 1 is 0.494 bits per heavy atom. The van der Waals surface area contributed by atoms with Crippen LogP contribution in [0.3, 0.4) is 0 Å². The fourth-order valence-corrected chi connectivity index (χ4v) is 14.8. The van der Waals surface area contributed by atoms with E-state index in [4.69, 9.17) is 9.47 Å². The van der Waals surface area contributed by atoms with Crippen molar-refractivity contribution in [2.45, 2.75) is 129 Å². The van der Waals surface area contributed by atoms with Crippen molar-refractivity contribution in [1.82, 2.24) is 30.7 Å². The van der Waals surface area contributed by atoms with E-state index in [2.05, 4.69) is 16.0 Å². The molecule has 4 N–H and O–H groups in total. The summed E-state index contributed by atoms with van der Waals surface area (Å²) < 4.78 is 126. The van der Waals surface area contributed by atoms with Crippen molar-refractivity contribution in [2.24, 2.45) is 5.92 Å². The van der Waals surface area contributed by atoms with Crippen molar-refractivity contribution in [3.63, 3.8) is 0 Å². The van der Waals surface area contributed by atoms with E-state index < -0.39 is 64.8 Å². The molecule has 4 fully saturated rings. The monoisotopic (exact) mass is 1250 g/mol. The lowest BCUT2D eigenvalue weighted by Crippen LogP contribution is -2.29. The van der Waals surface area contributed by atoms with Gasteiger partial charge in [0.25, 0.3) is 0 Å². The van der Waals surface area contributed by atoms with Crippen molar-refractivity contribution in [3.8, 4) is 17.2 Å². The van der Waals surface area contributed by atoms with Gasteiger partial charge in [-0.05, 0) is 142 Å². The van der Waals surface area contributed by atoms with Gasteiger partial charge >= 0.3 is 18.1 Å². The van der Waals surface area contributed by atoms with Crippen LogP contribution in [0.15, 0.2) is 54.6 Å². The average molecular weight is 1260 g/mol. The van der Waals surface area contributed by atoms with Gasteiger partial charge < -0.3 is 29.3 Å². The fourth-order valence-electron chi connectivity index (χ4n) is 9.51. The molecule has 3 aliphatic heterocycles. The summed E-state index contributed by atoms with van der Waals surface area (Å²) in [6, 6.07) is 11.7. The molecule has 0 bridgehead atoms. The molecule has 1 aliphatic carbocycles. The van der Waals surface area contributed by atoms with E-state index in [0.29, 0.717) is 95.5 Å². The Morgan fingerprint density at radius 2 is 0.835 bits per heavy atom. The summed E-state index contributed by atoms with van der Waals surface area (Å²) in [5.41, 5.74) is 2.03. The van der Waals surface area contributed by atoms with Gasteiger partial charge in [0.15, 0.2) is 64.2 Å². The van der Waals surface area contributed by atoms with Crippen LogP contribution >= 0.6 is 0 Å². The first-order valence-corrected chi connectivity index (χ1v) is 34.2. The summed E-state index contributed by atoms with van der Waals surface area (Å²) in [5.74, 6) is -3.12. The highest BCUT2D eigenvalue weighted by molar-refractivity contribution is 7.91. The van der Waals surface area contributed by atoms with Crippen molar-refractivity contribution in [3.05, 3.63) is 88.7 Å². The van der Waals surface area contributed by atoms with E-state index in [9.17, 15) is 72.3 Å². The third kappa shape index (κ3) is 24.4. The average Bonchev–Trinajstić information content (AvgIpc) is 4.22. The Labute approximate surface area is 496 Å². The van der Waals surface area contributed by atoms with Crippen LogP contribution in [0.2, 0.25) is 0 Å². The van der Waals surface area contributed by atoms with Crippen molar-refractivity contribution < 1.29 is 81.8 Å². The molecule has 1 saturated carbocycles. The molecular formula is C58H81F3N6O15S3. The lowest BCUT2D eigenvalue weighted by Gasteiger charge is -2.16. The number of hydrogen-bond donors (Lipinski definition) is 4. The summed E-state index contributed by atoms with van der Waals surface area (Å²) in [6.07, 6.45) is 7.33. The maximum Gasteiger partial charge on any atom is 0.324 e. The highest BCUT2D eigenvalue weighted by Gasteiger charge is 2.29. The third-order valence-corrected chi connectivity index (χ3v) is 20.1. The van der Waals surface area contributed by atoms with Crippen LogP contribution in [0, 0.1) is 23.4 Å². The van der Waals surface area contributed by atoms with Gasteiger partial charge in [0.1, 0.15) is 19.6 Å². The topological polar surface area (TPSA) is 289 Å². The Hall–Kier alpha value is -6.48. The number of carbonyl (C=O) groups excluding carboxylic acids is 6. The number of sulfone groups is 3. The van der Waals surface area contributed by atoms with Gasteiger partial charge in [-0.2, -0.15) is 0 Å². The highest BCUT2D eigenvalue weighted by Crippen LogP contribution is 2.32. The number of carbonyl (C=O) groups is 6. The smallest absolute Gasteiger partial charge is 0.324 e. The maximum atomic E-state index is 13.9. The van der Waals surface area contributed by atoms with E-state index in [0.717, 1.165) is 30.0 Å². The molecule has 0 spiro atoms. The summed E-state index contributed by atoms with van der Waals surface area (Å²) in [5, 5.41) is 16.0. The first kappa shape index (κ1) is 69.3. The van der Waals surface area contributed by atoms with Crippen molar-refractivity contribution in [2.75, 3.05) is 80.4 Å². The van der Waals surface area contributed by atoms with Gasteiger partial charge in [0, 0.05) is 19.6 Å². The molecule has 0 unspecified atom stereocenters. The standard InChI is InChI=1S/C21H29FN2O5S.C20H29FN2O5S.C17H23FN2O5S/c1-15(17-7-8-18(22)19(11-17)29-13-16-5-6-16)14-30(27,28)10-4-2-3-9-24-12-20(25)23-21(24)26;1-14(2)28-18-11-16(7-8-17(18)21)15(3)13-29(26,27)10-6-4-5-9-23-12-19(24)22-20(23)25;1-12(13-5-6-14(18)15(21)9-13)11-26(24,25)8-4-2-3-7-20-10-16(22)19-17(20)23/h7-8,11,15-16H,2-6,9-10,12-14H2,1H3,(H,23,25,26);7-8,11,14-15H,4-6,9-10,12-13H2,1-3H3,(H,22,24,25);5-6,9,12,21H,2-4,7-8,10-11H2,1H3,(H,19,22,23)/t2*15-;12-/m000/s1. The summed E-state index contributed by atoms with van der Waals surface area (Å²) >= 11 is 0. The van der Waals surface area contributed by atoms with Gasteiger partial charge in [-0.1, -0.05) is 58.2 Å². The molecule has 0 radical (unpaired) electrons. The molecule has 4 aliphatic rings. The summed E-state index contributed by atoms with van der Waals surface area (Å²) in [7, 11) is -9.84. The first-order chi connectivity index (χ1) is 40.0. The molecule has 3 aromatic carbocycles. The zero-order valence-corrected chi connectivity index (χ0v) is 51.4. The molecule has 9 amide bonds. The molecule has 0 aromatic heterocycles. The minimum Gasteiger partial charge on any atom is -0.505 e. The zero-order valence-electron chi connectivity index (χ0n) is 48.9. The number of phenolic OH excluding ortho intramolecular Hbond substituents is 1. The van der Waals surface area contributed by atoms with Crippen LogP contribution < -0.4 is 25.4 Å². The predicted octanol–water partition coefficient (Wildman–Crippen LogP) is 7.48. The lowest BCUT2D eigenvalue weighted by molar-refractivity contribution is -0.119. The van der Waals surface area contributed by atoms with E-state index in [1.54, 1.807) is 52.0 Å². The molecule has 3 atom stereocenters. The molecular weight excluding hydrogens is 1170 g/mol. The molecule has 3 aromatic rings. The number of phenols is 1. The molecule has 21 nitrogen and oxygen atoms in total. The van der Waals surface area contributed by atoms with E-state index in [-0.39, 0.29) is 113 Å². The number of hydrogen-bond acceptors (Lipinski definition) is 15. The predicted molar refractivity (Wildman–Crippen MR) is 313 cm³/mol. The quantitative estimate of drug-likeness (QED) is 0.0348. The number of ether oxygens (including phenoxy) is 2. The minimum atomic E-state index is -3.29. The molecule has 3 heterocycles. The Morgan fingerprint density at radius 3 is 1.16 bits per heavy atom. The number of nitrogens with one attached hydrogen (secondary N) is 3. The Kier molecular flexibility index (Phi) is 26.3. The number of rotatable bonds is 32. The van der Waals surface area contributed by atoms with E-state index in [1.165, 1.54) is 39.0 Å². The largest absolute Gasteiger partial charge is 0.505 e. The van der Waals surface area contributed by atoms with Crippen LogP contribution in [0.1, 0.15) is 140 Å². The van der Waals surface area contributed by atoms with E-state index in [1.807, 2.05) is 6.92 Å². The van der Waals surface area contributed by atoms with Crippen molar-refractivity contribution >= 4 is 65.3 Å². The number of amides is 9. The number of unbranched alkanes of at least 4 members (excludes halogenated alkanes) is 6. The fraction of sp³-hybridized carbons (Fsp3) is 0.586. The molecule has 472 valence electrons. The third-order valence-electron chi connectivity index (χ3n) is 14.4. The number of imide groups is 3. The second-order valence-corrected chi connectivity index (χ2v) is 29.3. The summed E-state index contributed by atoms with van der Waals surface area (Å²) in [4.78, 5) is 71.8. The normalized spacial score (nSPS) is 16.6. The van der Waals surface area contributed by atoms with E-state index >= 15 is 0 Å². The highest BCUT2D eigenvalue weighted by atomic mass is 32.2. The second-order valence-electron chi connectivity index (χ2n) is 22.6. The maximum absolute atomic E-state index is 13.9. The SMILES string of the molecule is CC(C)Oc1cc([C@@H](C)CS(=O)(=O)CCCCCN2CC(=O)NC2=O)ccc1F.C[C@@H](CS(=O)(=O)CCCCCN1CC(=O)NC1=O)c1ccc(F)c(O)c1.C[C@@H](CS(=O)(=O)CCCCCN1CC(=O)NC1=O)c1ccc(F)c(OCC2CC2)c1. The van der Waals surface area contributed by atoms with Crippen LogP contribution in [-0.2, 0) is 43.9 Å². The second kappa shape index (κ2) is 32.3. The van der Waals surface area contributed by atoms with Gasteiger partial charge in [0.05, 0.1) is 47.2 Å². The van der Waals surface area contributed by atoms with Crippen LogP contribution in [0.4, 0.5) is 27.6 Å². The number of benzene rings is 3. The van der Waals surface area contributed by atoms with Gasteiger partial charge in [-0.25, -0.2) is 52.8 Å². The number of aromatic hydroxyl groups is 1. The number of halogens is 3. The first-order valence-electron chi connectivity index (χ1n) is 28.7. The minimum absolute atomic E-state index is 0.0102. The molecule has 7 rings (SSSR count). The number of nitrogens with zero attached hydrogens (tertiary/aromatic N) is 3. The van der Waals surface area contributed by atoms with Gasteiger partial charge in [-0.15, -0.1) is 0 Å². The van der Waals surface area contributed by atoms with Crippen LogP contribution in [0.25, 0.3) is 0 Å². The van der Waals surface area contributed by atoms with Crippen LogP contribution in [0.5, 0.6) is 17.2 Å².